The largest absolute Gasteiger partial charge is 0.383 e. The van der Waals surface area contributed by atoms with Crippen molar-refractivity contribution in [1.29, 1.82) is 0 Å². The van der Waals surface area contributed by atoms with Crippen molar-refractivity contribution in [3.63, 3.8) is 0 Å². The van der Waals surface area contributed by atoms with Crippen LogP contribution in [0.5, 0.6) is 0 Å². The minimum Gasteiger partial charge on any atom is -0.383 e. The van der Waals surface area contributed by atoms with E-state index in [1.54, 1.807) is 7.11 Å². The Labute approximate surface area is 155 Å². The van der Waals surface area contributed by atoms with E-state index in [1.165, 1.54) is 24.0 Å². The second-order valence-electron chi connectivity index (χ2n) is 7.10. The highest BCUT2D eigenvalue weighted by Gasteiger charge is 2.24. The molecule has 0 atom stereocenters. The number of amides is 2. The summed E-state index contributed by atoms with van der Waals surface area (Å²) in [5, 5.41) is 2.83. The highest BCUT2D eigenvalue weighted by Crippen LogP contribution is 2.23. The van der Waals surface area contributed by atoms with Gasteiger partial charge in [-0.05, 0) is 48.9 Å². The van der Waals surface area contributed by atoms with Crippen LogP contribution >= 0.6 is 0 Å². The van der Waals surface area contributed by atoms with E-state index in [1.807, 2.05) is 11.0 Å². The summed E-state index contributed by atoms with van der Waals surface area (Å²) >= 11 is 0. The van der Waals surface area contributed by atoms with E-state index in [0.29, 0.717) is 32.8 Å². The third kappa shape index (κ3) is 4.83. The van der Waals surface area contributed by atoms with Crippen LogP contribution in [0.4, 0.5) is 0 Å². The van der Waals surface area contributed by atoms with Crippen LogP contribution in [0.1, 0.15) is 34.3 Å². The molecule has 26 heavy (non-hydrogen) atoms. The van der Waals surface area contributed by atoms with Crippen LogP contribution in [-0.4, -0.2) is 74.6 Å². The molecular formula is C20H29N3O3. The van der Waals surface area contributed by atoms with Crippen LogP contribution in [0, 0.1) is 0 Å². The fourth-order valence-corrected chi connectivity index (χ4v) is 3.71. The molecule has 0 radical (unpaired) electrons. The van der Waals surface area contributed by atoms with Gasteiger partial charge in [-0.25, -0.2) is 0 Å². The normalized spacial score (nSPS) is 17.7. The highest BCUT2D eigenvalue weighted by molar-refractivity contribution is 5.94. The number of aryl methyl sites for hydroxylation is 2. The van der Waals surface area contributed by atoms with Crippen molar-refractivity contribution < 1.29 is 14.3 Å². The van der Waals surface area contributed by atoms with E-state index in [2.05, 4.69) is 22.3 Å². The molecule has 0 unspecified atom stereocenters. The molecule has 1 saturated heterocycles. The van der Waals surface area contributed by atoms with Gasteiger partial charge in [0.25, 0.3) is 5.91 Å². The predicted octanol–water partition coefficient (Wildman–Crippen LogP) is 1.09. The Balaban J connectivity index is 1.48. The van der Waals surface area contributed by atoms with Gasteiger partial charge in [0.2, 0.25) is 5.91 Å². The van der Waals surface area contributed by atoms with Gasteiger partial charge in [-0.3, -0.25) is 14.5 Å². The molecule has 2 amide bonds. The fourth-order valence-electron chi connectivity index (χ4n) is 3.71. The third-order valence-corrected chi connectivity index (χ3v) is 5.25. The van der Waals surface area contributed by atoms with E-state index in [4.69, 9.17) is 4.74 Å². The molecule has 2 aliphatic rings. The Hall–Kier alpha value is -1.92. The molecule has 142 valence electrons. The smallest absolute Gasteiger partial charge is 0.253 e. The monoisotopic (exact) mass is 359 g/mol. The molecule has 1 N–H and O–H groups in total. The fraction of sp³-hybridized carbons (Fsp3) is 0.600. The quantitative estimate of drug-likeness (QED) is 0.773. The number of rotatable bonds is 6. The zero-order valence-electron chi connectivity index (χ0n) is 15.6. The number of benzene rings is 1. The zero-order valence-corrected chi connectivity index (χ0v) is 15.6. The van der Waals surface area contributed by atoms with Gasteiger partial charge in [-0.2, -0.15) is 0 Å². The van der Waals surface area contributed by atoms with Gasteiger partial charge in [0, 0.05) is 45.4 Å². The lowest BCUT2D eigenvalue weighted by atomic mass is 9.90. The second kappa shape index (κ2) is 9.14. The van der Waals surface area contributed by atoms with Crippen LogP contribution < -0.4 is 5.32 Å². The number of hydrogen-bond donors (Lipinski definition) is 1. The molecule has 0 bridgehead atoms. The number of methoxy groups -OCH3 is 1. The van der Waals surface area contributed by atoms with E-state index < -0.39 is 0 Å². The lowest BCUT2D eigenvalue weighted by Gasteiger charge is -2.34. The van der Waals surface area contributed by atoms with Crippen molar-refractivity contribution >= 4 is 11.8 Å². The second-order valence-corrected chi connectivity index (χ2v) is 7.10. The van der Waals surface area contributed by atoms with Gasteiger partial charge in [0.05, 0.1) is 13.2 Å². The molecule has 1 aromatic carbocycles. The van der Waals surface area contributed by atoms with Gasteiger partial charge in [0.15, 0.2) is 0 Å². The average molecular weight is 359 g/mol. The molecule has 1 aromatic rings. The molecule has 1 fully saturated rings. The maximum absolute atomic E-state index is 12.8. The summed E-state index contributed by atoms with van der Waals surface area (Å²) in [4.78, 5) is 28.7. The maximum Gasteiger partial charge on any atom is 0.253 e. The number of ether oxygens (including phenoxy) is 1. The maximum atomic E-state index is 12.8. The summed E-state index contributed by atoms with van der Waals surface area (Å²) in [6, 6.07) is 6.19. The van der Waals surface area contributed by atoms with Gasteiger partial charge in [-0.15, -0.1) is 0 Å². The first-order chi connectivity index (χ1) is 12.7. The SMILES string of the molecule is COCCNC(=O)CN1CCN(C(=O)c2ccc3c(c2)CCCC3)CC1. The van der Waals surface area contributed by atoms with Crippen LogP contribution in [0.15, 0.2) is 18.2 Å². The number of carbonyl (C=O) groups is 2. The summed E-state index contributed by atoms with van der Waals surface area (Å²) < 4.78 is 4.93. The van der Waals surface area contributed by atoms with E-state index >= 15 is 0 Å². The van der Waals surface area contributed by atoms with Crippen LogP contribution in [-0.2, 0) is 22.4 Å². The Morgan fingerprint density at radius 2 is 1.81 bits per heavy atom. The Bertz CT molecular complexity index is 639. The molecule has 1 heterocycles. The number of carbonyl (C=O) groups excluding carboxylic acids is 2. The first-order valence-electron chi connectivity index (χ1n) is 9.56. The summed E-state index contributed by atoms with van der Waals surface area (Å²) in [5.41, 5.74) is 3.54. The predicted molar refractivity (Wildman–Crippen MR) is 100 cm³/mol. The Morgan fingerprint density at radius 1 is 1.08 bits per heavy atom. The summed E-state index contributed by atoms with van der Waals surface area (Å²) in [6.45, 7) is 4.23. The number of fused-ring (bicyclic) bond motifs is 1. The molecule has 6 heteroatoms. The van der Waals surface area contributed by atoms with Gasteiger partial charge >= 0.3 is 0 Å². The lowest BCUT2D eigenvalue weighted by Crippen LogP contribution is -2.51. The number of hydrogen-bond acceptors (Lipinski definition) is 4. The first-order valence-corrected chi connectivity index (χ1v) is 9.56. The van der Waals surface area contributed by atoms with E-state index in [-0.39, 0.29) is 11.8 Å². The zero-order chi connectivity index (χ0) is 18.4. The van der Waals surface area contributed by atoms with Crippen LogP contribution in [0.2, 0.25) is 0 Å². The third-order valence-electron chi connectivity index (χ3n) is 5.25. The van der Waals surface area contributed by atoms with Crippen molar-refractivity contribution in [2.45, 2.75) is 25.7 Å². The molecule has 0 spiro atoms. The first kappa shape index (κ1) is 18.9. The number of piperazine rings is 1. The summed E-state index contributed by atoms with van der Waals surface area (Å²) in [5.74, 6) is 0.124. The summed E-state index contributed by atoms with van der Waals surface area (Å²) in [7, 11) is 1.62. The van der Waals surface area contributed by atoms with Crippen molar-refractivity contribution in [2.75, 3.05) is 53.0 Å². The standard InChI is InChI=1S/C20H29N3O3/c1-26-13-8-21-19(24)15-22-9-11-23(12-10-22)20(25)18-7-6-16-4-2-3-5-17(16)14-18/h6-7,14H,2-5,8-13,15H2,1H3,(H,21,24). The van der Waals surface area contributed by atoms with E-state index in [0.717, 1.165) is 31.5 Å². The Morgan fingerprint density at radius 3 is 2.54 bits per heavy atom. The summed E-state index contributed by atoms with van der Waals surface area (Å²) in [6.07, 6.45) is 4.69. The van der Waals surface area contributed by atoms with Gasteiger partial charge in [-0.1, -0.05) is 6.07 Å². The van der Waals surface area contributed by atoms with Crippen LogP contribution in [0.3, 0.4) is 0 Å². The van der Waals surface area contributed by atoms with Crippen molar-refractivity contribution in [2.24, 2.45) is 0 Å². The van der Waals surface area contributed by atoms with Gasteiger partial charge in [0.1, 0.15) is 0 Å². The minimum absolute atomic E-state index is 0.0107. The highest BCUT2D eigenvalue weighted by atomic mass is 16.5. The van der Waals surface area contributed by atoms with Crippen molar-refractivity contribution in [3.05, 3.63) is 34.9 Å². The molecular weight excluding hydrogens is 330 g/mol. The van der Waals surface area contributed by atoms with Crippen molar-refractivity contribution in [3.8, 4) is 0 Å². The van der Waals surface area contributed by atoms with E-state index in [9.17, 15) is 9.59 Å². The van der Waals surface area contributed by atoms with Gasteiger partial charge < -0.3 is 15.0 Å². The average Bonchev–Trinajstić information content (AvgIpc) is 2.68. The lowest BCUT2D eigenvalue weighted by molar-refractivity contribution is -0.122. The number of nitrogens with one attached hydrogen (secondary N) is 1. The topological polar surface area (TPSA) is 61.9 Å². The minimum atomic E-state index is 0.0107. The molecule has 1 aliphatic heterocycles. The molecule has 3 rings (SSSR count). The van der Waals surface area contributed by atoms with Crippen LogP contribution in [0.25, 0.3) is 0 Å². The Kier molecular flexibility index (Phi) is 6.63. The molecule has 1 aliphatic carbocycles. The van der Waals surface area contributed by atoms with Crippen molar-refractivity contribution in [1.82, 2.24) is 15.1 Å². The molecule has 0 aromatic heterocycles. The number of nitrogens with zero attached hydrogens (tertiary/aromatic N) is 2. The molecule has 0 saturated carbocycles. The molecule has 6 nitrogen and oxygen atoms in total.